The lowest BCUT2D eigenvalue weighted by molar-refractivity contribution is -0.172. The van der Waals surface area contributed by atoms with E-state index in [0.717, 1.165) is 10.6 Å². The Labute approximate surface area is 339 Å². The first-order valence-corrected chi connectivity index (χ1v) is 20.6. The van der Waals surface area contributed by atoms with Crippen molar-refractivity contribution in [3.05, 3.63) is 35.9 Å². The largest absolute Gasteiger partial charge is 0.389 e. The molecule has 322 valence electrons. The van der Waals surface area contributed by atoms with Gasteiger partial charge in [0.05, 0.1) is 49.2 Å². The molecule has 0 aromatic heterocycles. The molecular weight excluding hydrogens is 732 g/mol. The van der Waals surface area contributed by atoms with Gasteiger partial charge in [-0.3, -0.25) is 28.8 Å². The number of nitrogens with zero attached hydrogens (tertiary/aromatic N) is 3. The van der Waals surface area contributed by atoms with Crippen LogP contribution in [-0.2, 0) is 44.7 Å². The molecule has 0 radical (unpaired) electrons. The van der Waals surface area contributed by atoms with E-state index in [-0.39, 0.29) is 61.5 Å². The molecule has 1 aromatic carbocycles. The van der Waals surface area contributed by atoms with Gasteiger partial charge in [-0.15, -0.1) is 0 Å². The Balaban J connectivity index is 1.79. The average Bonchev–Trinajstić information content (AvgIpc) is 3.85. The lowest BCUT2D eigenvalue weighted by Gasteiger charge is -2.41. The van der Waals surface area contributed by atoms with E-state index in [0.29, 0.717) is 25.8 Å². The number of hydrogen-bond donors (Lipinski definition) is 4. The maximum Gasteiger partial charge on any atom is 0.269 e. The molecule has 2 saturated heterocycles. The minimum atomic E-state index is -0.963. The number of hydrogen-bond acceptors (Lipinski definition) is 10. The van der Waals surface area contributed by atoms with Gasteiger partial charge in [-0.2, -0.15) is 0 Å². The zero-order valence-corrected chi connectivity index (χ0v) is 36.0. The molecule has 3 rings (SSSR count). The van der Waals surface area contributed by atoms with Crippen LogP contribution in [0.4, 0.5) is 0 Å². The van der Waals surface area contributed by atoms with Crippen LogP contribution in [0.5, 0.6) is 0 Å². The van der Waals surface area contributed by atoms with Gasteiger partial charge in [0, 0.05) is 34.2 Å². The molecule has 0 aliphatic carbocycles. The van der Waals surface area contributed by atoms with Crippen molar-refractivity contribution in [1.82, 2.24) is 30.8 Å². The Morgan fingerprint density at radius 2 is 1.60 bits per heavy atom. The fraction of sp³-hybridized carbons (Fsp3) is 0.738. The standard InChI is InChI=1S/C42H70N6O9/c1-12-27(6)37(46(9)42(54)36(26(4)5)45-40(52)35(43-8)25(2)3)33(55-10)22-34(50)47-20-16-19-32(47)38(56-11)28(7)39(51)44-31(21-29-17-14-13-15-18-29)41(53)48-23-30(49)24-57-48/h13-15,17-18,25-28,30-33,35-38,43,49H,12,16,19-24H2,1-11H3,(H,44,51)(H,45,52)/t27-,28+,30?,31-,32-,33+,35-,36-,37-,38+/m0/s1. The van der Waals surface area contributed by atoms with E-state index in [1.165, 1.54) is 7.11 Å². The number of likely N-dealkylation sites (N-methyl/N-ethyl adjacent to an activating group) is 2. The van der Waals surface area contributed by atoms with Gasteiger partial charge in [0.2, 0.25) is 23.6 Å². The minimum Gasteiger partial charge on any atom is -0.389 e. The molecule has 10 atom stereocenters. The third-order valence-corrected chi connectivity index (χ3v) is 11.7. The summed E-state index contributed by atoms with van der Waals surface area (Å²) in [5.41, 5.74) is 0.841. The quantitative estimate of drug-likeness (QED) is 0.144. The number of hydroxylamine groups is 2. The van der Waals surface area contributed by atoms with Crippen LogP contribution in [0.25, 0.3) is 0 Å². The molecule has 0 saturated carbocycles. The maximum atomic E-state index is 14.3. The Bertz CT molecular complexity index is 1460. The number of carbonyl (C=O) groups is 5. The molecule has 1 aromatic rings. The third kappa shape index (κ3) is 12.4. The van der Waals surface area contributed by atoms with Crippen molar-refractivity contribution in [1.29, 1.82) is 0 Å². The molecular formula is C42H70N6O9. The summed E-state index contributed by atoms with van der Waals surface area (Å²) < 4.78 is 12.0. The molecule has 5 amide bonds. The highest BCUT2D eigenvalue weighted by Crippen LogP contribution is 2.30. The molecule has 2 aliphatic rings. The second-order valence-electron chi connectivity index (χ2n) is 16.4. The van der Waals surface area contributed by atoms with E-state index in [2.05, 4.69) is 16.0 Å². The van der Waals surface area contributed by atoms with Gasteiger partial charge in [-0.1, -0.05) is 85.2 Å². The number of ether oxygens (including phenoxy) is 2. The van der Waals surface area contributed by atoms with Crippen LogP contribution in [0.1, 0.15) is 79.7 Å². The summed E-state index contributed by atoms with van der Waals surface area (Å²) in [4.78, 5) is 78.0. The summed E-state index contributed by atoms with van der Waals surface area (Å²) in [5.74, 6) is -2.55. The summed E-state index contributed by atoms with van der Waals surface area (Å²) in [6, 6.07) is 6.20. The van der Waals surface area contributed by atoms with E-state index in [1.54, 1.807) is 37.9 Å². The van der Waals surface area contributed by atoms with E-state index in [4.69, 9.17) is 14.3 Å². The highest BCUT2D eigenvalue weighted by atomic mass is 16.7. The number of methoxy groups -OCH3 is 2. The van der Waals surface area contributed by atoms with Crippen LogP contribution in [0.2, 0.25) is 0 Å². The number of aliphatic hydroxyl groups is 1. The molecule has 2 fully saturated rings. The number of benzene rings is 1. The first-order valence-electron chi connectivity index (χ1n) is 20.6. The van der Waals surface area contributed by atoms with Crippen molar-refractivity contribution in [2.45, 2.75) is 129 Å². The van der Waals surface area contributed by atoms with Gasteiger partial charge < -0.3 is 40.3 Å². The highest BCUT2D eigenvalue weighted by Gasteiger charge is 2.44. The Hall–Kier alpha value is -3.63. The molecule has 2 heterocycles. The molecule has 1 unspecified atom stereocenters. The van der Waals surface area contributed by atoms with Crippen molar-refractivity contribution in [2.24, 2.45) is 23.7 Å². The summed E-state index contributed by atoms with van der Waals surface area (Å²) in [7, 11) is 6.49. The van der Waals surface area contributed by atoms with Crippen molar-refractivity contribution in [2.75, 3.05) is 48.0 Å². The van der Waals surface area contributed by atoms with Gasteiger partial charge in [0.25, 0.3) is 5.91 Å². The monoisotopic (exact) mass is 803 g/mol. The normalized spacial score (nSPS) is 21.4. The molecule has 4 N–H and O–H groups in total. The zero-order valence-electron chi connectivity index (χ0n) is 36.0. The molecule has 15 heteroatoms. The second-order valence-corrected chi connectivity index (χ2v) is 16.4. The van der Waals surface area contributed by atoms with E-state index >= 15 is 0 Å². The number of carbonyl (C=O) groups excluding carboxylic acids is 5. The predicted molar refractivity (Wildman–Crippen MR) is 216 cm³/mol. The van der Waals surface area contributed by atoms with E-state index < -0.39 is 66.3 Å². The number of aliphatic hydroxyl groups excluding tert-OH is 1. The van der Waals surface area contributed by atoms with Crippen LogP contribution in [0, 0.1) is 23.7 Å². The van der Waals surface area contributed by atoms with Gasteiger partial charge in [0.1, 0.15) is 24.8 Å². The molecule has 57 heavy (non-hydrogen) atoms. The van der Waals surface area contributed by atoms with E-state index in [1.807, 2.05) is 71.9 Å². The lowest BCUT2D eigenvalue weighted by atomic mass is 9.89. The number of β-amino-alcohol motifs (C(OH)–C–C–N with tert-alkyl or cyclic N) is 1. The number of rotatable bonds is 21. The maximum absolute atomic E-state index is 14.3. The fourth-order valence-corrected chi connectivity index (χ4v) is 8.20. The highest BCUT2D eigenvalue weighted by molar-refractivity contribution is 5.90. The SMILES string of the molecule is CC[C@H](C)[C@@H]([C@@H](CC(=O)N1CCC[C@H]1[C@H](OC)[C@@H](C)C(=O)N[C@@H](Cc1ccccc1)C(=O)N1CC(O)CO1)OC)N(C)C(=O)[C@@H](NC(=O)[C@@H](NC)C(C)C)C(C)C. The summed E-state index contributed by atoms with van der Waals surface area (Å²) in [6.45, 7) is 13.9. The predicted octanol–water partition coefficient (Wildman–Crippen LogP) is 2.15. The van der Waals surface area contributed by atoms with Crippen molar-refractivity contribution >= 4 is 29.5 Å². The topological polar surface area (TPSA) is 179 Å². The molecule has 2 aliphatic heterocycles. The van der Waals surface area contributed by atoms with Crippen molar-refractivity contribution in [3.63, 3.8) is 0 Å². The second kappa shape index (κ2) is 22.5. The van der Waals surface area contributed by atoms with Gasteiger partial charge in [-0.25, -0.2) is 5.06 Å². The summed E-state index contributed by atoms with van der Waals surface area (Å²) >= 11 is 0. The lowest BCUT2D eigenvalue weighted by Crippen LogP contribution is -2.59. The van der Waals surface area contributed by atoms with E-state index in [9.17, 15) is 29.1 Å². The number of amides is 5. The molecule has 0 bridgehead atoms. The minimum absolute atomic E-state index is 0.00393. The summed E-state index contributed by atoms with van der Waals surface area (Å²) in [6.07, 6.45) is 0.0707. The first-order chi connectivity index (χ1) is 27.0. The molecule has 0 spiro atoms. The van der Waals surface area contributed by atoms with Crippen LogP contribution < -0.4 is 16.0 Å². The number of nitrogens with one attached hydrogen (secondary N) is 3. The van der Waals surface area contributed by atoms with Gasteiger partial charge >= 0.3 is 0 Å². The van der Waals surface area contributed by atoms with Crippen LogP contribution >= 0.6 is 0 Å². The smallest absolute Gasteiger partial charge is 0.269 e. The van der Waals surface area contributed by atoms with Crippen LogP contribution in [0.3, 0.4) is 0 Å². The Kier molecular flexibility index (Phi) is 18.8. The third-order valence-electron chi connectivity index (χ3n) is 11.7. The van der Waals surface area contributed by atoms with Crippen LogP contribution in [0.15, 0.2) is 30.3 Å². The van der Waals surface area contributed by atoms with Crippen molar-refractivity contribution < 1.29 is 43.4 Å². The van der Waals surface area contributed by atoms with Gasteiger partial charge in [0.15, 0.2) is 0 Å². The first kappa shape index (κ1) is 47.7. The zero-order chi connectivity index (χ0) is 42.6. The average molecular weight is 803 g/mol. The number of likely N-dealkylation sites (tertiary alicyclic amines) is 1. The van der Waals surface area contributed by atoms with Crippen LogP contribution in [-0.4, -0.2) is 146 Å². The molecule has 15 nitrogen and oxygen atoms in total. The van der Waals surface area contributed by atoms with Gasteiger partial charge in [-0.05, 0) is 43.2 Å². The Morgan fingerprint density at radius 3 is 2.12 bits per heavy atom. The Morgan fingerprint density at radius 1 is 0.947 bits per heavy atom. The summed E-state index contributed by atoms with van der Waals surface area (Å²) in [5, 5.41) is 20.0. The fourth-order valence-electron chi connectivity index (χ4n) is 8.20. The van der Waals surface area contributed by atoms with Crippen molar-refractivity contribution in [3.8, 4) is 0 Å².